The van der Waals surface area contributed by atoms with Crippen molar-refractivity contribution < 1.29 is 28.1 Å². The minimum absolute atomic E-state index is 0.352. The molecule has 0 amide bonds. The van der Waals surface area contributed by atoms with Gasteiger partial charge in [0.1, 0.15) is 26.2 Å². The van der Waals surface area contributed by atoms with Gasteiger partial charge in [0.15, 0.2) is 6.10 Å². The van der Waals surface area contributed by atoms with Gasteiger partial charge in [-0.3, -0.25) is 0 Å². The van der Waals surface area contributed by atoms with E-state index in [4.69, 9.17) is 4.74 Å². The van der Waals surface area contributed by atoms with Gasteiger partial charge in [0, 0.05) is 0 Å². The van der Waals surface area contributed by atoms with Crippen LogP contribution >= 0.6 is 0 Å². The van der Waals surface area contributed by atoms with Gasteiger partial charge < -0.3 is 19.6 Å². The molecule has 0 spiro atoms. The van der Waals surface area contributed by atoms with Crippen molar-refractivity contribution in [3.8, 4) is 0 Å². The molecular weight excluding hydrogens is 390 g/mol. The summed E-state index contributed by atoms with van der Waals surface area (Å²) in [5.74, 6) is 0.435. The van der Waals surface area contributed by atoms with Gasteiger partial charge in [0.25, 0.3) is 0 Å². The normalized spacial score (nSPS) is 22.4. The predicted molar refractivity (Wildman–Crippen MR) is 112 cm³/mol. The summed E-state index contributed by atoms with van der Waals surface area (Å²) in [5, 5.41) is 10.4. The lowest BCUT2D eigenvalue weighted by Gasteiger charge is -2.33. The van der Waals surface area contributed by atoms with Crippen molar-refractivity contribution in [2.24, 2.45) is 0 Å². The predicted octanol–water partition coefficient (Wildman–Crippen LogP) is -1.63. The SMILES string of the molecule is CC[C@H](C)c1ccc(S(=O)(=O)N2CC[NH+](C[C@@H](O)C[NH+]3CCOCC3)CC2)cc1. The number of piperazine rings is 1. The number of aliphatic hydroxyl groups excluding tert-OH is 1. The third kappa shape index (κ3) is 5.99. The maximum Gasteiger partial charge on any atom is 0.243 e. The molecule has 3 N–H and O–H groups in total. The van der Waals surface area contributed by atoms with Crippen LogP contribution in [-0.2, 0) is 14.8 Å². The molecule has 1 aromatic carbocycles. The van der Waals surface area contributed by atoms with E-state index in [0.29, 0.717) is 30.4 Å². The Balaban J connectivity index is 1.50. The summed E-state index contributed by atoms with van der Waals surface area (Å²) >= 11 is 0. The molecule has 0 unspecified atom stereocenters. The van der Waals surface area contributed by atoms with E-state index in [1.165, 1.54) is 15.4 Å². The Morgan fingerprint density at radius 1 is 1.03 bits per heavy atom. The molecule has 0 aromatic heterocycles. The Morgan fingerprint density at radius 2 is 1.59 bits per heavy atom. The number of sulfonamides is 1. The maximum absolute atomic E-state index is 13.0. The number of quaternary nitrogens is 2. The van der Waals surface area contributed by atoms with Crippen molar-refractivity contribution in [2.75, 3.05) is 65.6 Å². The van der Waals surface area contributed by atoms with E-state index >= 15 is 0 Å². The Bertz CT molecular complexity index is 727. The number of morpholine rings is 1. The van der Waals surface area contributed by atoms with Gasteiger partial charge >= 0.3 is 0 Å². The largest absolute Gasteiger partial charge is 0.382 e. The van der Waals surface area contributed by atoms with E-state index in [9.17, 15) is 13.5 Å². The summed E-state index contributed by atoms with van der Waals surface area (Å²) in [7, 11) is -3.45. The summed E-state index contributed by atoms with van der Waals surface area (Å²) in [5.41, 5.74) is 1.18. The molecule has 0 aliphatic carbocycles. The van der Waals surface area contributed by atoms with Crippen LogP contribution in [0.3, 0.4) is 0 Å². The van der Waals surface area contributed by atoms with Crippen LogP contribution in [0.15, 0.2) is 29.2 Å². The second kappa shape index (κ2) is 10.3. The van der Waals surface area contributed by atoms with E-state index < -0.39 is 10.0 Å². The fourth-order valence-electron chi connectivity index (χ4n) is 4.20. The number of aliphatic hydroxyl groups is 1. The number of ether oxygens (including phenoxy) is 1. The Labute approximate surface area is 175 Å². The molecule has 2 atom stereocenters. The molecule has 8 heteroatoms. The van der Waals surface area contributed by atoms with Crippen molar-refractivity contribution in [1.29, 1.82) is 0 Å². The quantitative estimate of drug-likeness (QED) is 0.466. The highest BCUT2D eigenvalue weighted by Crippen LogP contribution is 2.22. The lowest BCUT2D eigenvalue weighted by molar-refractivity contribution is -0.930. The summed E-state index contributed by atoms with van der Waals surface area (Å²) in [6, 6.07) is 7.36. The second-order valence-electron chi connectivity index (χ2n) is 8.46. The summed E-state index contributed by atoms with van der Waals surface area (Å²) in [4.78, 5) is 3.05. The monoisotopic (exact) mass is 427 g/mol. The van der Waals surface area contributed by atoms with Gasteiger partial charge in [-0.15, -0.1) is 0 Å². The highest BCUT2D eigenvalue weighted by Gasteiger charge is 2.32. The zero-order chi connectivity index (χ0) is 20.9. The van der Waals surface area contributed by atoms with Crippen molar-refractivity contribution >= 4 is 10.0 Å². The molecule has 2 heterocycles. The molecule has 2 fully saturated rings. The molecule has 2 aliphatic rings. The van der Waals surface area contributed by atoms with Gasteiger partial charge in [0.05, 0.1) is 44.3 Å². The molecule has 0 saturated carbocycles. The van der Waals surface area contributed by atoms with E-state index in [-0.39, 0.29) is 6.10 Å². The zero-order valence-electron chi connectivity index (χ0n) is 17.8. The number of hydrogen-bond donors (Lipinski definition) is 3. The van der Waals surface area contributed by atoms with Crippen LogP contribution in [0.25, 0.3) is 0 Å². The van der Waals surface area contributed by atoms with Crippen molar-refractivity contribution in [1.82, 2.24) is 4.31 Å². The lowest BCUT2D eigenvalue weighted by Crippen LogP contribution is -3.19. The number of nitrogens with zero attached hydrogens (tertiary/aromatic N) is 1. The first-order valence-electron chi connectivity index (χ1n) is 10.9. The van der Waals surface area contributed by atoms with Crippen LogP contribution in [0, 0.1) is 0 Å². The van der Waals surface area contributed by atoms with Crippen LogP contribution in [0.2, 0.25) is 0 Å². The molecule has 0 bridgehead atoms. The molecular formula is C21H37N3O4S+2. The minimum Gasteiger partial charge on any atom is -0.382 e. The summed E-state index contributed by atoms with van der Waals surface area (Å²) < 4.78 is 32.9. The van der Waals surface area contributed by atoms with Crippen LogP contribution in [0.5, 0.6) is 0 Å². The standard InChI is InChI=1S/C21H35N3O4S/c1-3-18(2)19-4-6-21(7-5-19)29(26,27)24-10-8-22(9-11-24)16-20(25)17-23-12-14-28-15-13-23/h4-7,18,20,25H,3,8-17H2,1-2H3/p+2/t18-,20+/m0/s1. The Hall–Kier alpha value is -1.03. The van der Waals surface area contributed by atoms with Gasteiger partial charge in [-0.1, -0.05) is 26.0 Å². The third-order valence-electron chi connectivity index (χ3n) is 6.38. The molecule has 1 aromatic rings. The summed E-state index contributed by atoms with van der Waals surface area (Å²) in [6.45, 7) is 11.6. The summed E-state index contributed by atoms with van der Waals surface area (Å²) in [6.07, 6.45) is 0.685. The molecule has 29 heavy (non-hydrogen) atoms. The number of benzene rings is 1. The number of hydrogen-bond acceptors (Lipinski definition) is 4. The highest BCUT2D eigenvalue weighted by atomic mass is 32.2. The second-order valence-corrected chi connectivity index (χ2v) is 10.4. The van der Waals surface area contributed by atoms with Gasteiger partial charge in [-0.25, -0.2) is 8.42 Å². The van der Waals surface area contributed by atoms with Crippen molar-refractivity contribution in [3.63, 3.8) is 0 Å². The fraction of sp³-hybridized carbons (Fsp3) is 0.714. The molecule has 2 saturated heterocycles. The molecule has 0 radical (unpaired) electrons. The van der Waals surface area contributed by atoms with Crippen LogP contribution in [-0.4, -0.2) is 89.5 Å². The first-order chi connectivity index (χ1) is 13.9. The Morgan fingerprint density at radius 3 is 2.14 bits per heavy atom. The van der Waals surface area contributed by atoms with E-state index in [0.717, 1.165) is 52.4 Å². The zero-order valence-corrected chi connectivity index (χ0v) is 18.6. The molecule has 3 rings (SSSR count). The Kier molecular flexibility index (Phi) is 8.07. The number of rotatable bonds is 8. The van der Waals surface area contributed by atoms with Crippen LogP contribution in [0.1, 0.15) is 31.7 Å². The van der Waals surface area contributed by atoms with Crippen molar-refractivity contribution in [2.45, 2.75) is 37.2 Å². The molecule has 2 aliphatic heterocycles. The van der Waals surface area contributed by atoms with E-state index in [1.54, 1.807) is 16.4 Å². The first-order valence-corrected chi connectivity index (χ1v) is 12.4. The van der Waals surface area contributed by atoms with Gasteiger partial charge in [-0.2, -0.15) is 4.31 Å². The topological polar surface area (TPSA) is 75.7 Å². The lowest BCUT2D eigenvalue weighted by atomic mass is 9.99. The molecule has 164 valence electrons. The average molecular weight is 428 g/mol. The highest BCUT2D eigenvalue weighted by molar-refractivity contribution is 7.89. The van der Waals surface area contributed by atoms with Gasteiger partial charge in [-0.05, 0) is 30.0 Å². The van der Waals surface area contributed by atoms with Gasteiger partial charge in [0.2, 0.25) is 10.0 Å². The fourth-order valence-corrected chi connectivity index (χ4v) is 5.64. The van der Waals surface area contributed by atoms with Crippen molar-refractivity contribution in [3.05, 3.63) is 29.8 Å². The average Bonchev–Trinajstić information content (AvgIpc) is 2.74. The molecule has 7 nitrogen and oxygen atoms in total. The third-order valence-corrected chi connectivity index (χ3v) is 8.29. The van der Waals surface area contributed by atoms with Crippen LogP contribution in [0.4, 0.5) is 0 Å². The first kappa shape index (κ1) is 22.7. The van der Waals surface area contributed by atoms with E-state index in [2.05, 4.69) is 13.8 Å². The number of nitrogens with one attached hydrogen (secondary N) is 2. The smallest absolute Gasteiger partial charge is 0.243 e. The minimum atomic E-state index is -3.45. The van der Waals surface area contributed by atoms with Crippen LogP contribution < -0.4 is 9.80 Å². The maximum atomic E-state index is 13.0. The van der Waals surface area contributed by atoms with E-state index in [1.807, 2.05) is 12.1 Å².